The number of fused-ring (bicyclic) bond motifs is 1. The van der Waals surface area contributed by atoms with Gasteiger partial charge in [0.2, 0.25) is 0 Å². The molecule has 1 aliphatic carbocycles. The zero-order valence-corrected chi connectivity index (χ0v) is 13.7. The highest BCUT2D eigenvalue weighted by atomic mass is 19.1. The van der Waals surface area contributed by atoms with Crippen LogP contribution in [0.5, 0.6) is 0 Å². The Morgan fingerprint density at radius 1 is 1.25 bits per heavy atom. The number of carboxylic acids is 1. The van der Waals surface area contributed by atoms with Gasteiger partial charge in [0.15, 0.2) is 0 Å². The van der Waals surface area contributed by atoms with Crippen LogP contribution in [-0.4, -0.2) is 40.3 Å². The van der Waals surface area contributed by atoms with Crippen LogP contribution in [0.2, 0.25) is 0 Å². The Bertz CT molecular complexity index is 695. The van der Waals surface area contributed by atoms with Crippen molar-refractivity contribution in [1.82, 2.24) is 4.90 Å². The average Bonchev–Trinajstić information content (AvgIpc) is 3.01. The molecule has 24 heavy (non-hydrogen) atoms. The number of nitrogens with zero attached hydrogens (tertiary/aromatic N) is 1. The highest BCUT2D eigenvalue weighted by Crippen LogP contribution is 2.62. The minimum Gasteiger partial charge on any atom is -0.480 e. The van der Waals surface area contributed by atoms with E-state index < -0.39 is 40.8 Å². The molecule has 1 aromatic rings. The lowest BCUT2D eigenvalue weighted by Gasteiger charge is -2.29. The summed E-state index contributed by atoms with van der Waals surface area (Å²) < 4.78 is 32.4. The van der Waals surface area contributed by atoms with Crippen molar-refractivity contribution in [3.05, 3.63) is 35.4 Å². The molecular formula is C17H19F2NO4. The van der Waals surface area contributed by atoms with Gasteiger partial charge >= 0.3 is 12.1 Å². The predicted molar refractivity (Wildman–Crippen MR) is 80.5 cm³/mol. The first-order valence-corrected chi connectivity index (χ1v) is 7.72. The van der Waals surface area contributed by atoms with Gasteiger partial charge in [-0.2, -0.15) is 0 Å². The van der Waals surface area contributed by atoms with Gasteiger partial charge in [0, 0.05) is 23.9 Å². The Morgan fingerprint density at radius 3 is 2.33 bits per heavy atom. The van der Waals surface area contributed by atoms with Gasteiger partial charge in [-0.25, -0.2) is 18.4 Å². The van der Waals surface area contributed by atoms with Crippen LogP contribution >= 0.6 is 0 Å². The standard InChI is InChI=1S/C17H19F2NO4/c1-16(2,3)24-15(23)20-8-17(7-12(17)13(20)14(21)22)9-4-10(18)6-11(19)5-9/h4-6,12-13H,7-8H2,1-3H3,(H,21,22). The van der Waals surface area contributed by atoms with Crippen molar-refractivity contribution in [2.75, 3.05) is 6.54 Å². The third kappa shape index (κ3) is 2.72. The highest BCUT2D eigenvalue weighted by molar-refractivity contribution is 5.83. The second-order valence-corrected chi connectivity index (χ2v) is 7.52. The van der Waals surface area contributed by atoms with E-state index in [1.54, 1.807) is 20.8 Å². The lowest BCUT2D eigenvalue weighted by molar-refractivity contribution is -0.142. The van der Waals surface area contributed by atoms with Crippen molar-refractivity contribution in [1.29, 1.82) is 0 Å². The largest absolute Gasteiger partial charge is 0.480 e. The summed E-state index contributed by atoms with van der Waals surface area (Å²) in [6.07, 6.45) is -0.245. The van der Waals surface area contributed by atoms with Gasteiger partial charge in [-0.05, 0) is 44.9 Å². The predicted octanol–water partition coefficient (Wildman–Crippen LogP) is 2.93. The fraction of sp³-hybridized carbons (Fsp3) is 0.529. The van der Waals surface area contributed by atoms with Crippen LogP contribution < -0.4 is 0 Å². The number of hydrogen-bond donors (Lipinski definition) is 1. The summed E-state index contributed by atoms with van der Waals surface area (Å²) in [7, 11) is 0. The second kappa shape index (κ2) is 5.16. The quantitative estimate of drug-likeness (QED) is 0.900. The van der Waals surface area contributed by atoms with Gasteiger partial charge < -0.3 is 9.84 Å². The van der Waals surface area contributed by atoms with Crippen LogP contribution in [0.1, 0.15) is 32.8 Å². The molecule has 7 heteroatoms. The van der Waals surface area contributed by atoms with Crippen LogP contribution in [0.3, 0.4) is 0 Å². The first-order valence-electron chi connectivity index (χ1n) is 7.72. The van der Waals surface area contributed by atoms with Gasteiger partial charge in [-0.3, -0.25) is 4.90 Å². The van der Waals surface area contributed by atoms with E-state index in [4.69, 9.17) is 4.74 Å². The van der Waals surface area contributed by atoms with Crippen LogP contribution in [0, 0.1) is 17.6 Å². The number of ether oxygens (including phenoxy) is 1. The summed E-state index contributed by atoms with van der Waals surface area (Å²) in [5.74, 6) is -2.94. The lowest BCUT2D eigenvalue weighted by Crippen LogP contribution is -2.46. The Morgan fingerprint density at radius 2 is 1.83 bits per heavy atom. The SMILES string of the molecule is CC(C)(C)OC(=O)N1CC2(c3cc(F)cc(F)c3)CC2C1C(=O)O. The van der Waals surface area contributed by atoms with Crippen LogP contribution in [0.25, 0.3) is 0 Å². The molecule has 1 aromatic carbocycles. The molecule has 2 aliphatic rings. The molecule has 1 aliphatic heterocycles. The summed E-state index contributed by atoms with van der Waals surface area (Å²) in [6, 6.07) is 2.14. The van der Waals surface area contributed by atoms with E-state index in [1.165, 1.54) is 12.1 Å². The summed E-state index contributed by atoms with van der Waals surface area (Å²) >= 11 is 0. The molecule has 0 radical (unpaired) electrons. The first-order chi connectivity index (χ1) is 11.0. The van der Waals surface area contributed by atoms with Gasteiger partial charge in [0.1, 0.15) is 23.3 Å². The molecular weight excluding hydrogens is 320 g/mol. The number of aliphatic carboxylic acids is 1. The monoisotopic (exact) mass is 339 g/mol. The molecule has 1 N–H and O–H groups in total. The number of hydrogen-bond acceptors (Lipinski definition) is 3. The van der Waals surface area contributed by atoms with Crippen molar-refractivity contribution in [3.8, 4) is 0 Å². The maximum Gasteiger partial charge on any atom is 0.411 e. The third-order valence-corrected chi connectivity index (χ3v) is 4.62. The first kappa shape index (κ1) is 16.7. The Balaban J connectivity index is 1.92. The number of benzene rings is 1. The lowest BCUT2D eigenvalue weighted by atomic mass is 9.94. The Kier molecular flexibility index (Phi) is 3.58. The summed E-state index contributed by atoms with van der Waals surface area (Å²) in [4.78, 5) is 25.1. The van der Waals surface area contributed by atoms with E-state index in [2.05, 4.69) is 0 Å². The molecule has 3 atom stereocenters. The molecule has 0 aromatic heterocycles. The van der Waals surface area contributed by atoms with Crippen LogP contribution in [0.15, 0.2) is 18.2 Å². The van der Waals surface area contributed by atoms with Crippen molar-refractivity contribution in [2.24, 2.45) is 5.92 Å². The minimum atomic E-state index is -1.14. The average molecular weight is 339 g/mol. The van der Waals surface area contributed by atoms with Crippen molar-refractivity contribution < 1.29 is 28.2 Å². The van der Waals surface area contributed by atoms with Crippen LogP contribution in [-0.2, 0) is 14.9 Å². The molecule has 3 rings (SSSR count). The minimum absolute atomic E-state index is 0.0758. The molecule has 2 fully saturated rings. The molecule has 130 valence electrons. The second-order valence-electron chi connectivity index (χ2n) is 7.52. The number of likely N-dealkylation sites (tertiary alicyclic amines) is 1. The van der Waals surface area contributed by atoms with Crippen molar-refractivity contribution >= 4 is 12.1 Å². The number of carbonyl (C=O) groups excluding carboxylic acids is 1. The zero-order valence-electron chi connectivity index (χ0n) is 13.7. The number of halogens is 2. The normalized spacial score (nSPS) is 28.5. The van der Waals surface area contributed by atoms with Gasteiger partial charge in [0.05, 0.1) is 0 Å². The maximum atomic E-state index is 13.5. The van der Waals surface area contributed by atoms with Gasteiger partial charge in [-0.15, -0.1) is 0 Å². The van der Waals surface area contributed by atoms with E-state index in [1.807, 2.05) is 0 Å². The number of carbonyl (C=O) groups is 2. The van der Waals surface area contributed by atoms with Crippen molar-refractivity contribution in [2.45, 2.75) is 44.2 Å². The molecule has 0 bridgehead atoms. The zero-order chi connectivity index (χ0) is 17.9. The maximum absolute atomic E-state index is 13.5. The third-order valence-electron chi connectivity index (χ3n) is 4.62. The fourth-order valence-corrected chi connectivity index (χ4v) is 3.62. The molecule has 5 nitrogen and oxygen atoms in total. The highest BCUT2D eigenvalue weighted by Gasteiger charge is 2.69. The number of piperidine rings is 1. The van der Waals surface area contributed by atoms with Gasteiger partial charge in [0.25, 0.3) is 0 Å². The number of carboxylic acid groups (broad SMARTS) is 1. The molecule has 1 amide bonds. The summed E-state index contributed by atoms with van der Waals surface area (Å²) in [5.41, 5.74) is -1.09. The van der Waals surface area contributed by atoms with Gasteiger partial charge in [-0.1, -0.05) is 0 Å². The Labute approximate surface area is 138 Å². The van der Waals surface area contributed by atoms with E-state index >= 15 is 0 Å². The van der Waals surface area contributed by atoms with E-state index in [0.717, 1.165) is 11.0 Å². The number of amides is 1. The van der Waals surface area contributed by atoms with E-state index in [-0.39, 0.29) is 12.5 Å². The smallest absolute Gasteiger partial charge is 0.411 e. The molecule has 1 heterocycles. The topological polar surface area (TPSA) is 66.8 Å². The van der Waals surface area contributed by atoms with E-state index in [0.29, 0.717) is 12.0 Å². The molecule has 1 saturated carbocycles. The fourth-order valence-electron chi connectivity index (χ4n) is 3.62. The summed E-state index contributed by atoms with van der Waals surface area (Å²) in [6.45, 7) is 5.14. The number of rotatable bonds is 2. The molecule has 3 unspecified atom stereocenters. The van der Waals surface area contributed by atoms with E-state index in [9.17, 15) is 23.5 Å². The van der Waals surface area contributed by atoms with Crippen LogP contribution in [0.4, 0.5) is 13.6 Å². The van der Waals surface area contributed by atoms with Crippen molar-refractivity contribution in [3.63, 3.8) is 0 Å². The Hall–Kier alpha value is -2.18. The summed E-state index contributed by atoms with van der Waals surface area (Å²) in [5, 5.41) is 9.50. The molecule has 1 saturated heterocycles. The molecule has 0 spiro atoms.